The van der Waals surface area contributed by atoms with Crippen LogP contribution < -0.4 is 4.74 Å². The van der Waals surface area contributed by atoms with Gasteiger partial charge >= 0.3 is 0 Å². The second kappa shape index (κ2) is 5.31. The van der Waals surface area contributed by atoms with Crippen LogP contribution in [-0.4, -0.2) is 6.61 Å². The van der Waals surface area contributed by atoms with Gasteiger partial charge in [0.2, 0.25) is 0 Å². The predicted molar refractivity (Wildman–Crippen MR) is 80.7 cm³/mol. The maximum absolute atomic E-state index is 5.76. The van der Waals surface area contributed by atoms with Crippen molar-refractivity contribution in [3.63, 3.8) is 0 Å². The van der Waals surface area contributed by atoms with Gasteiger partial charge < -0.3 is 4.74 Å². The van der Waals surface area contributed by atoms with Gasteiger partial charge in [0.05, 0.1) is 6.61 Å². The Hall–Kier alpha value is -2.02. The first kappa shape index (κ1) is 12.0. The molecule has 1 radical (unpaired) electrons. The minimum Gasteiger partial charge on any atom is -0.494 e. The van der Waals surface area contributed by atoms with Gasteiger partial charge in [-0.05, 0) is 58.3 Å². The third kappa shape index (κ3) is 2.55. The fraction of sp³-hybridized carbons (Fsp3) is 0.222. The maximum Gasteiger partial charge on any atom is 0.119 e. The maximum atomic E-state index is 5.76. The van der Waals surface area contributed by atoms with Crippen LogP contribution in [0.15, 0.2) is 48.5 Å². The van der Waals surface area contributed by atoms with Crippen molar-refractivity contribution < 1.29 is 4.74 Å². The van der Waals surface area contributed by atoms with E-state index in [0.29, 0.717) is 0 Å². The van der Waals surface area contributed by atoms with Gasteiger partial charge in [-0.1, -0.05) is 37.6 Å². The van der Waals surface area contributed by atoms with Crippen LogP contribution in [-0.2, 0) is 0 Å². The molecule has 19 heavy (non-hydrogen) atoms. The standard InChI is InChI=1S/C18H17O/c1-2-3-10-19-18-9-8-16-11-14-6-4-5-7-15(14)12-17(16)13-18/h4-6,8-9,11-13H,2-3,10H2,1H3. The molecule has 3 rings (SSSR count). The summed E-state index contributed by atoms with van der Waals surface area (Å²) in [4.78, 5) is 0. The molecule has 0 unspecified atom stereocenters. The zero-order chi connectivity index (χ0) is 13.1. The highest BCUT2D eigenvalue weighted by molar-refractivity contribution is 5.98. The number of rotatable bonds is 4. The highest BCUT2D eigenvalue weighted by atomic mass is 16.5. The van der Waals surface area contributed by atoms with Gasteiger partial charge in [-0.2, -0.15) is 0 Å². The van der Waals surface area contributed by atoms with Crippen LogP contribution in [0.2, 0.25) is 0 Å². The highest BCUT2D eigenvalue weighted by Gasteiger charge is 2.00. The Morgan fingerprint density at radius 2 is 1.95 bits per heavy atom. The Labute approximate surface area is 113 Å². The summed E-state index contributed by atoms with van der Waals surface area (Å²) in [6.07, 6.45) is 2.26. The smallest absolute Gasteiger partial charge is 0.119 e. The van der Waals surface area contributed by atoms with Crippen LogP contribution >= 0.6 is 0 Å². The lowest BCUT2D eigenvalue weighted by atomic mass is 10.0. The van der Waals surface area contributed by atoms with E-state index in [2.05, 4.69) is 49.4 Å². The van der Waals surface area contributed by atoms with Crippen molar-refractivity contribution in [2.75, 3.05) is 6.61 Å². The Morgan fingerprint density at radius 1 is 1.00 bits per heavy atom. The fourth-order valence-electron chi connectivity index (χ4n) is 2.27. The molecule has 0 saturated carbocycles. The molecule has 0 aliphatic heterocycles. The van der Waals surface area contributed by atoms with Crippen LogP contribution in [0.25, 0.3) is 21.5 Å². The van der Waals surface area contributed by atoms with Crippen LogP contribution in [0.3, 0.4) is 0 Å². The lowest BCUT2D eigenvalue weighted by molar-refractivity contribution is 0.310. The van der Waals surface area contributed by atoms with Crippen molar-refractivity contribution in [1.29, 1.82) is 0 Å². The van der Waals surface area contributed by atoms with Gasteiger partial charge in [-0.25, -0.2) is 0 Å². The van der Waals surface area contributed by atoms with Crippen molar-refractivity contribution in [3.05, 3.63) is 54.6 Å². The van der Waals surface area contributed by atoms with E-state index in [4.69, 9.17) is 4.74 Å². The third-order valence-corrected chi connectivity index (χ3v) is 3.36. The van der Waals surface area contributed by atoms with Crippen molar-refractivity contribution in [3.8, 4) is 5.75 Å². The second-order valence-electron chi connectivity index (χ2n) is 4.82. The molecule has 0 spiro atoms. The van der Waals surface area contributed by atoms with E-state index in [9.17, 15) is 0 Å². The Kier molecular flexibility index (Phi) is 3.37. The topological polar surface area (TPSA) is 9.23 Å². The van der Waals surface area contributed by atoms with Crippen molar-refractivity contribution in [2.24, 2.45) is 0 Å². The summed E-state index contributed by atoms with van der Waals surface area (Å²) in [6, 6.07) is 20.1. The average Bonchev–Trinajstić information content (AvgIpc) is 2.45. The summed E-state index contributed by atoms with van der Waals surface area (Å²) in [6.45, 7) is 2.97. The summed E-state index contributed by atoms with van der Waals surface area (Å²) in [5.74, 6) is 0.955. The zero-order valence-electron chi connectivity index (χ0n) is 11.1. The summed E-state index contributed by atoms with van der Waals surface area (Å²) in [5, 5.41) is 4.84. The van der Waals surface area contributed by atoms with Crippen LogP contribution in [0.5, 0.6) is 5.75 Å². The molecule has 0 aliphatic rings. The molecule has 3 aromatic rings. The van der Waals surface area contributed by atoms with Crippen LogP contribution in [0.1, 0.15) is 19.8 Å². The molecule has 1 nitrogen and oxygen atoms in total. The molecule has 0 aliphatic carbocycles. The first-order chi connectivity index (χ1) is 9.36. The number of hydrogen-bond donors (Lipinski definition) is 0. The lowest BCUT2D eigenvalue weighted by Gasteiger charge is -2.07. The first-order valence-corrected chi connectivity index (χ1v) is 6.84. The molecule has 0 N–H and O–H groups in total. The molecule has 0 aromatic heterocycles. The van der Waals surface area contributed by atoms with Crippen molar-refractivity contribution in [2.45, 2.75) is 19.8 Å². The Morgan fingerprint density at radius 3 is 2.84 bits per heavy atom. The number of hydrogen-bond acceptors (Lipinski definition) is 1. The molecule has 0 fully saturated rings. The number of benzene rings is 3. The van der Waals surface area contributed by atoms with Gasteiger partial charge in [-0.15, -0.1) is 0 Å². The molecular weight excluding hydrogens is 232 g/mol. The van der Waals surface area contributed by atoms with Gasteiger partial charge in [0, 0.05) is 0 Å². The quantitative estimate of drug-likeness (QED) is 0.468. The van der Waals surface area contributed by atoms with E-state index >= 15 is 0 Å². The van der Waals surface area contributed by atoms with E-state index in [1.165, 1.54) is 16.2 Å². The van der Waals surface area contributed by atoms with Crippen LogP contribution in [0.4, 0.5) is 0 Å². The Balaban J connectivity index is 1.99. The molecule has 3 aromatic carbocycles. The molecule has 0 amide bonds. The minimum atomic E-state index is 0.793. The zero-order valence-corrected chi connectivity index (χ0v) is 11.1. The molecule has 1 heteroatoms. The van der Waals surface area contributed by atoms with Crippen molar-refractivity contribution >= 4 is 21.5 Å². The van der Waals surface area contributed by atoms with Crippen molar-refractivity contribution in [1.82, 2.24) is 0 Å². The highest BCUT2D eigenvalue weighted by Crippen LogP contribution is 2.26. The average molecular weight is 249 g/mol. The summed E-state index contributed by atoms with van der Waals surface area (Å²) < 4.78 is 5.76. The van der Waals surface area contributed by atoms with Gasteiger partial charge in [0.25, 0.3) is 0 Å². The number of ether oxygens (including phenoxy) is 1. The monoisotopic (exact) mass is 249 g/mol. The van der Waals surface area contributed by atoms with Gasteiger partial charge in [-0.3, -0.25) is 0 Å². The molecule has 0 saturated heterocycles. The van der Waals surface area contributed by atoms with E-state index in [1.807, 2.05) is 12.1 Å². The van der Waals surface area contributed by atoms with E-state index in [-0.39, 0.29) is 0 Å². The largest absolute Gasteiger partial charge is 0.494 e. The summed E-state index contributed by atoms with van der Waals surface area (Å²) in [7, 11) is 0. The molecule has 0 bridgehead atoms. The second-order valence-corrected chi connectivity index (χ2v) is 4.82. The predicted octanol–water partition coefficient (Wildman–Crippen LogP) is 4.97. The van der Waals surface area contributed by atoms with E-state index in [0.717, 1.165) is 30.6 Å². The normalized spacial score (nSPS) is 11.0. The SMILES string of the molecule is CCCCOc1ccc2cc3ccc[c]c3cc2c1. The van der Waals surface area contributed by atoms with E-state index < -0.39 is 0 Å². The van der Waals surface area contributed by atoms with Gasteiger partial charge in [0.15, 0.2) is 0 Å². The minimum absolute atomic E-state index is 0.793. The summed E-state index contributed by atoms with van der Waals surface area (Å²) in [5.41, 5.74) is 0. The Bertz CT molecular complexity index is 700. The molecular formula is C18H17O. The number of fused-ring (bicyclic) bond motifs is 2. The molecule has 0 atom stereocenters. The van der Waals surface area contributed by atoms with Crippen LogP contribution in [0, 0.1) is 6.07 Å². The molecule has 0 heterocycles. The fourth-order valence-corrected chi connectivity index (χ4v) is 2.27. The van der Waals surface area contributed by atoms with Gasteiger partial charge in [0.1, 0.15) is 5.75 Å². The third-order valence-electron chi connectivity index (χ3n) is 3.36. The molecule has 95 valence electrons. The first-order valence-electron chi connectivity index (χ1n) is 6.84. The number of unbranched alkanes of at least 4 members (excludes halogenated alkanes) is 1. The van der Waals surface area contributed by atoms with E-state index in [1.54, 1.807) is 0 Å². The summed E-state index contributed by atoms with van der Waals surface area (Å²) >= 11 is 0. The lowest BCUT2D eigenvalue weighted by Crippen LogP contribution is -1.95.